The minimum Gasteiger partial charge on any atom is -0.383 e. The van der Waals surface area contributed by atoms with Gasteiger partial charge in [-0.25, -0.2) is 4.98 Å². The molecule has 8 nitrogen and oxygen atoms in total. The van der Waals surface area contributed by atoms with Crippen molar-refractivity contribution in [2.75, 3.05) is 24.4 Å². The molecule has 0 aliphatic heterocycles. The third-order valence-corrected chi connectivity index (χ3v) is 7.95. The fraction of sp³-hybridized carbons (Fsp3) is 0.276. The maximum absolute atomic E-state index is 13.3. The van der Waals surface area contributed by atoms with Crippen LogP contribution in [0.4, 0.5) is 30.5 Å². The summed E-state index contributed by atoms with van der Waals surface area (Å²) in [4.78, 5) is 29.9. The average Bonchev–Trinajstić information content (AvgIpc) is 3.72. The Morgan fingerprint density at radius 2 is 1.83 bits per heavy atom. The van der Waals surface area contributed by atoms with E-state index in [0.717, 1.165) is 9.99 Å². The van der Waals surface area contributed by atoms with Crippen LogP contribution >= 0.6 is 27.5 Å². The maximum atomic E-state index is 13.3. The van der Waals surface area contributed by atoms with Gasteiger partial charge in [-0.05, 0) is 73.0 Å². The molecule has 0 atom stereocenters. The van der Waals surface area contributed by atoms with E-state index < -0.39 is 17.5 Å². The lowest BCUT2D eigenvalue weighted by molar-refractivity contribution is -0.192. The summed E-state index contributed by atoms with van der Waals surface area (Å²) in [6.45, 7) is 0.721. The van der Waals surface area contributed by atoms with E-state index in [0.29, 0.717) is 52.1 Å². The molecule has 0 spiro atoms. The van der Waals surface area contributed by atoms with E-state index in [1.807, 2.05) is 16.7 Å². The summed E-state index contributed by atoms with van der Waals surface area (Å²) >= 11 is 9.82. The summed E-state index contributed by atoms with van der Waals surface area (Å²) in [7, 11) is 1.58. The topological polar surface area (TPSA) is 97.3 Å². The van der Waals surface area contributed by atoms with Gasteiger partial charge in [-0.15, -0.1) is 0 Å². The summed E-state index contributed by atoms with van der Waals surface area (Å²) in [5.41, 5.74) is 1.07. The summed E-state index contributed by atoms with van der Waals surface area (Å²) in [5, 5.41) is 8.81. The van der Waals surface area contributed by atoms with Crippen molar-refractivity contribution in [3.05, 3.63) is 81.3 Å². The zero-order valence-electron chi connectivity index (χ0n) is 22.3. The summed E-state index contributed by atoms with van der Waals surface area (Å²) < 4.78 is 47.9. The van der Waals surface area contributed by atoms with E-state index in [1.165, 1.54) is 0 Å². The van der Waals surface area contributed by atoms with Crippen LogP contribution in [0.5, 0.6) is 0 Å². The number of methoxy groups -OCH3 is 1. The molecule has 0 bridgehead atoms. The normalized spacial score (nSPS) is 14.0. The fourth-order valence-corrected chi connectivity index (χ4v) is 4.96. The molecule has 4 aromatic rings. The number of nitrogens with zero attached hydrogens (tertiary/aromatic N) is 2. The number of carbonyl (C=O) groups excluding carboxylic acids is 2. The molecule has 5 rings (SSSR count). The molecule has 3 N–H and O–H groups in total. The molecule has 0 radical (unpaired) electrons. The second-order valence-corrected chi connectivity index (χ2v) is 11.3. The molecule has 220 valence electrons. The summed E-state index contributed by atoms with van der Waals surface area (Å²) in [6.07, 6.45) is -4.99. The molecule has 0 saturated heterocycles. The first-order valence-corrected chi connectivity index (χ1v) is 14.1. The van der Waals surface area contributed by atoms with Crippen molar-refractivity contribution in [3.8, 4) is 0 Å². The highest BCUT2D eigenvalue weighted by molar-refractivity contribution is 9.10. The van der Waals surface area contributed by atoms with E-state index >= 15 is 0 Å². The van der Waals surface area contributed by atoms with Gasteiger partial charge in [0.15, 0.2) is 0 Å². The number of halogens is 5. The third-order valence-electron chi connectivity index (χ3n) is 7.09. The van der Waals surface area contributed by atoms with E-state index in [1.54, 1.807) is 55.6 Å². The van der Waals surface area contributed by atoms with Gasteiger partial charge in [0.1, 0.15) is 5.41 Å². The van der Waals surface area contributed by atoms with E-state index in [-0.39, 0.29) is 25.3 Å². The quantitative estimate of drug-likeness (QED) is 0.169. The molecule has 1 aliphatic carbocycles. The van der Waals surface area contributed by atoms with Crippen LogP contribution < -0.4 is 16.0 Å². The van der Waals surface area contributed by atoms with Crippen LogP contribution in [0.3, 0.4) is 0 Å². The van der Waals surface area contributed by atoms with Crippen molar-refractivity contribution in [1.29, 1.82) is 0 Å². The van der Waals surface area contributed by atoms with Crippen molar-refractivity contribution in [3.63, 3.8) is 0 Å². The van der Waals surface area contributed by atoms with Crippen molar-refractivity contribution >= 4 is 67.7 Å². The van der Waals surface area contributed by atoms with Gasteiger partial charge in [0.2, 0.25) is 11.9 Å². The van der Waals surface area contributed by atoms with E-state index in [9.17, 15) is 22.8 Å². The molecule has 1 aromatic heterocycles. The number of hydrogen-bond acceptors (Lipinski definition) is 5. The van der Waals surface area contributed by atoms with Crippen molar-refractivity contribution in [1.82, 2.24) is 14.9 Å². The van der Waals surface area contributed by atoms with Gasteiger partial charge in [0, 0.05) is 35.9 Å². The average molecular weight is 665 g/mol. The lowest BCUT2D eigenvalue weighted by Crippen LogP contribution is -2.40. The number of nitrogens with one attached hydrogen (secondary N) is 3. The van der Waals surface area contributed by atoms with Gasteiger partial charge < -0.3 is 25.3 Å². The van der Waals surface area contributed by atoms with Crippen LogP contribution in [-0.2, 0) is 22.6 Å². The smallest absolute Gasteiger partial charge is 0.383 e. The Hall–Kier alpha value is -3.61. The number of amides is 2. The fourth-order valence-electron chi connectivity index (χ4n) is 4.53. The number of fused-ring (bicyclic) bond motifs is 1. The van der Waals surface area contributed by atoms with Gasteiger partial charge in [0.25, 0.3) is 5.91 Å². The first-order valence-electron chi connectivity index (χ1n) is 13.0. The molecule has 13 heteroatoms. The molecule has 1 saturated carbocycles. The number of rotatable bonds is 10. The highest BCUT2D eigenvalue weighted by Crippen LogP contribution is 2.57. The minimum atomic E-state index is -4.58. The monoisotopic (exact) mass is 663 g/mol. The molecule has 0 unspecified atom stereocenters. The lowest BCUT2D eigenvalue weighted by Gasteiger charge is -2.19. The van der Waals surface area contributed by atoms with Crippen LogP contribution in [0, 0.1) is 5.41 Å². The number of imidazole rings is 1. The number of hydrogen-bond donors (Lipinski definition) is 3. The molecular weight excluding hydrogens is 639 g/mol. The molecule has 1 heterocycles. The van der Waals surface area contributed by atoms with Crippen LogP contribution in [0.25, 0.3) is 11.0 Å². The Morgan fingerprint density at radius 3 is 2.50 bits per heavy atom. The second-order valence-electron chi connectivity index (χ2n) is 9.95. The molecule has 1 fully saturated rings. The standard InChI is InChI=1S/C29H26BrClF3N5O3/c1-42-13-12-39-24-9-3-18(25(40)36-20-6-4-19(30)5-7-20)15-23(24)38-27(39)37-22-14-17(2-8-21(22)31)16-35-26(41)28(10-11-28)29(32,33)34/h2-9,14-15H,10-13,16H2,1H3,(H,35,41)(H,36,40)(H,37,38). The molecule has 1 aliphatic rings. The Labute approximate surface area is 252 Å². The van der Waals surface area contributed by atoms with Gasteiger partial charge in [-0.1, -0.05) is 33.6 Å². The van der Waals surface area contributed by atoms with Crippen molar-refractivity contribution < 1.29 is 27.5 Å². The predicted octanol–water partition coefficient (Wildman–Crippen LogP) is 7.05. The number of anilines is 3. The highest BCUT2D eigenvalue weighted by Gasteiger charge is 2.68. The summed E-state index contributed by atoms with van der Waals surface area (Å²) in [6, 6.07) is 17.3. The van der Waals surface area contributed by atoms with Crippen LogP contribution in [-0.4, -0.2) is 41.3 Å². The van der Waals surface area contributed by atoms with Crippen LogP contribution in [0.1, 0.15) is 28.8 Å². The molecule has 3 aromatic carbocycles. The Balaban J connectivity index is 1.37. The van der Waals surface area contributed by atoms with Gasteiger partial charge in [0.05, 0.1) is 28.4 Å². The van der Waals surface area contributed by atoms with Crippen molar-refractivity contribution in [2.45, 2.75) is 32.1 Å². The first-order chi connectivity index (χ1) is 20.0. The molecular formula is C29H26BrClF3N5O3. The maximum Gasteiger partial charge on any atom is 0.403 e. The number of carbonyl (C=O) groups is 2. The zero-order chi connectivity index (χ0) is 30.1. The van der Waals surface area contributed by atoms with Gasteiger partial charge in [-0.3, -0.25) is 9.59 Å². The van der Waals surface area contributed by atoms with Crippen molar-refractivity contribution in [2.24, 2.45) is 5.41 Å². The van der Waals surface area contributed by atoms with Gasteiger partial charge in [-0.2, -0.15) is 13.2 Å². The largest absolute Gasteiger partial charge is 0.403 e. The van der Waals surface area contributed by atoms with E-state index in [2.05, 4.69) is 31.9 Å². The summed E-state index contributed by atoms with van der Waals surface area (Å²) in [5.74, 6) is -0.901. The molecule has 42 heavy (non-hydrogen) atoms. The number of benzene rings is 3. The van der Waals surface area contributed by atoms with Gasteiger partial charge >= 0.3 is 6.18 Å². The number of alkyl halides is 3. The second kappa shape index (κ2) is 11.9. The number of ether oxygens (including phenoxy) is 1. The van der Waals surface area contributed by atoms with E-state index in [4.69, 9.17) is 21.3 Å². The lowest BCUT2D eigenvalue weighted by atomic mass is 10.1. The zero-order valence-corrected chi connectivity index (χ0v) is 24.7. The van der Waals surface area contributed by atoms with Crippen LogP contribution in [0.2, 0.25) is 5.02 Å². The Bertz CT molecular complexity index is 1640. The first kappa shape index (κ1) is 29.9. The van der Waals surface area contributed by atoms with Crippen LogP contribution in [0.15, 0.2) is 65.1 Å². The predicted molar refractivity (Wildman–Crippen MR) is 158 cm³/mol. The third kappa shape index (κ3) is 6.25. The Kier molecular flexibility index (Phi) is 8.49. The number of aromatic nitrogens is 2. The molecule has 2 amide bonds. The SMILES string of the molecule is COCCn1c(Nc2cc(CNC(=O)C3(C(F)(F)F)CC3)ccc2Cl)nc2cc(C(=O)Nc3ccc(Br)cc3)ccc21. The minimum absolute atomic E-state index is 0.0978. The highest BCUT2D eigenvalue weighted by atomic mass is 79.9. The Morgan fingerprint density at radius 1 is 1.10 bits per heavy atom.